The Labute approximate surface area is 86.3 Å². The minimum atomic E-state index is 0.768. The van der Waals surface area contributed by atoms with Gasteiger partial charge in [-0.2, -0.15) is 0 Å². The molecule has 14 heavy (non-hydrogen) atoms. The molecule has 78 valence electrons. The fourth-order valence-corrected chi connectivity index (χ4v) is 1.49. The molecule has 0 radical (unpaired) electrons. The van der Waals surface area contributed by atoms with Gasteiger partial charge in [-0.1, -0.05) is 18.2 Å². The standard InChI is InChI=1S/C12H19NO/c1-4-14-9-8-13-12-10(2)6-5-7-11(12)3/h5-7,13H,4,8-9H2,1-3H3. The lowest BCUT2D eigenvalue weighted by atomic mass is 10.1. The molecule has 0 atom stereocenters. The molecule has 0 aliphatic rings. The van der Waals surface area contributed by atoms with Crippen molar-refractivity contribution in [2.24, 2.45) is 0 Å². The molecule has 0 saturated carbocycles. The first-order chi connectivity index (χ1) is 6.75. The summed E-state index contributed by atoms with van der Waals surface area (Å²) in [5.74, 6) is 0. The zero-order valence-corrected chi connectivity index (χ0v) is 9.26. The molecule has 1 aromatic rings. The largest absolute Gasteiger partial charge is 0.382 e. The average Bonchev–Trinajstić information content (AvgIpc) is 2.16. The normalized spacial score (nSPS) is 10.2. The van der Waals surface area contributed by atoms with E-state index in [9.17, 15) is 0 Å². The van der Waals surface area contributed by atoms with E-state index in [-0.39, 0.29) is 0 Å². The summed E-state index contributed by atoms with van der Waals surface area (Å²) in [6.45, 7) is 8.68. The molecular weight excluding hydrogens is 174 g/mol. The Kier molecular flexibility index (Phi) is 4.47. The Bertz CT molecular complexity index is 263. The van der Waals surface area contributed by atoms with Gasteiger partial charge in [0.25, 0.3) is 0 Å². The van der Waals surface area contributed by atoms with E-state index in [1.54, 1.807) is 0 Å². The maximum absolute atomic E-state index is 5.27. The summed E-state index contributed by atoms with van der Waals surface area (Å²) in [6.07, 6.45) is 0. The third-order valence-corrected chi connectivity index (χ3v) is 2.23. The van der Waals surface area contributed by atoms with E-state index in [0.717, 1.165) is 19.8 Å². The summed E-state index contributed by atoms with van der Waals surface area (Å²) in [7, 11) is 0. The smallest absolute Gasteiger partial charge is 0.0638 e. The summed E-state index contributed by atoms with van der Waals surface area (Å²) in [4.78, 5) is 0. The number of nitrogens with one attached hydrogen (secondary N) is 1. The van der Waals surface area contributed by atoms with Gasteiger partial charge in [0.2, 0.25) is 0 Å². The maximum atomic E-state index is 5.27. The summed E-state index contributed by atoms with van der Waals surface area (Å²) < 4.78 is 5.27. The number of benzene rings is 1. The second-order valence-corrected chi connectivity index (χ2v) is 3.39. The zero-order chi connectivity index (χ0) is 10.4. The van der Waals surface area contributed by atoms with Crippen LogP contribution in [0.5, 0.6) is 0 Å². The minimum Gasteiger partial charge on any atom is -0.382 e. The van der Waals surface area contributed by atoms with Crippen molar-refractivity contribution in [3.63, 3.8) is 0 Å². The van der Waals surface area contributed by atoms with Crippen molar-refractivity contribution >= 4 is 5.69 Å². The molecule has 2 heteroatoms. The summed E-state index contributed by atoms with van der Waals surface area (Å²) in [5, 5.41) is 3.39. The van der Waals surface area contributed by atoms with E-state index >= 15 is 0 Å². The van der Waals surface area contributed by atoms with Crippen molar-refractivity contribution in [2.75, 3.05) is 25.1 Å². The molecule has 0 unspecified atom stereocenters. The number of ether oxygens (including phenoxy) is 1. The van der Waals surface area contributed by atoms with Crippen LogP contribution in [0.4, 0.5) is 5.69 Å². The molecule has 0 aliphatic heterocycles. The molecule has 1 N–H and O–H groups in total. The molecule has 0 spiro atoms. The quantitative estimate of drug-likeness (QED) is 0.726. The first-order valence-electron chi connectivity index (χ1n) is 5.13. The lowest BCUT2D eigenvalue weighted by Crippen LogP contribution is -2.10. The number of aryl methyl sites for hydroxylation is 2. The number of para-hydroxylation sites is 1. The number of hydrogen-bond acceptors (Lipinski definition) is 2. The number of anilines is 1. The van der Waals surface area contributed by atoms with Crippen molar-refractivity contribution in [1.82, 2.24) is 0 Å². The van der Waals surface area contributed by atoms with Gasteiger partial charge >= 0.3 is 0 Å². The molecule has 0 aromatic heterocycles. The van der Waals surface area contributed by atoms with Crippen LogP contribution in [0, 0.1) is 13.8 Å². The van der Waals surface area contributed by atoms with Crippen LogP contribution in [0.3, 0.4) is 0 Å². The van der Waals surface area contributed by atoms with Gasteiger partial charge in [-0.05, 0) is 31.9 Å². The van der Waals surface area contributed by atoms with Gasteiger partial charge in [0.05, 0.1) is 6.61 Å². The van der Waals surface area contributed by atoms with Gasteiger partial charge in [-0.25, -0.2) is 0 Å². The van der Waals surface area contributed by atoms with Crippen molar-refractivity contribution in [3.05, 3.63) is 29.3 Å². The highest BCUT2D eigenvalue weighted by atomic mass is 16.5. The first-order valence-corrected chi connectivity index (χ1v) is 5.13. The van der Waals surface area contributed by atoms with E-state index in [4.69, 9.17) is 4.74 Å². The van der Waals surface area contributed by atoms with Gasteiger partial charge in [0.15, 0.2) is 0 Å². The molecule has 0 amide bonds. The average molecular weight is 193 g/mol. The Hall–Kier alpha value is -1.02. The van der Waals surface area contributed by atoms with Crippen molar-refractivity contribution in [2.45, 2.75) is 20.8 Å². The Balaban J connectivity index is 2.49. The summed E-state index contributed by atoms with van der Waals surface area (Å²) >= 11 is 0. The van der Waals surface area contributed by atoms with Gasteiger partial charge in [0.1, 0.15) is 0 Å². The van der Waals surface area contributed by atoms with E-state index in [0.29, 0.717) is 0 Å². The Morgan fingerprint density at radius 2 is 1.86 bits per heavy atom. The van der Waals surface area contributed by atoms with E-state index in [1.165, 1.54) is 16.8 Å². The fraction of sp³-hybridized carbons (Fsp3) is 0.500. The fourth-order valence-electron chi connectivity index (χ4n) is 1.49. The monoisotopic (exact) mass is 193 g/mol. The molecule has 0 bridgehead atoms. The molecule has 0 heterocycles. The molecule has 1 rings (SSSR count). The summed E-state index contributed by atoms with van der Waals surface area (Å²) in [5.41, 5.74) is 3.83. The van der Waals surface area contributed by atoms with Crippen LogP contribution in [-0.4, -0.2) is 19.8 Å². The van der Waals surface area contributed by atoms with E-state index < -0.39 is 0 Å². The molecular formula is C12H19NO. The van der Waals surface area contributed by atoms with Crippen LogP contribution in [0.1, 0.15) is 18.1 Å². The van der Waals surface area contributed by atoms with E-state index in [2.05, 4.69) is 37.4 Å². The second-order valence-electron chi connectivity index (χ2n) is 3.39. The van der Waals surface area contributed by atoms with Crippen LogP contribution in [0.15, 0.2) is 18.2 Å². The van der Waals surface area contributed by atoms with Gasteiger partial charge < -0.3 is 10.1 Å². The van der Waals surface area contributed by atoms with Crippen LogP contribution in [0.2, 0.25) is 0 Å². The van der Waals surface area contributed by atoms with Gasteiger partial charge in [-0.3, -0.25) is 0 Å². The van der Waals surface area contributed by atoms with Gasteiger partial charge in [-0.15, -0.1) is 0 Å². The minimum absolute atomic E-state index is 0.768. The molecule has 1 aromatic carbocycles. The molecule has 0 aliphatic carbocycles. The molecule has 0 saturated heterocycles. The van der Waals surface area contributed by atoms with Crippen LogP contribution in [0.25, 0.3) is 0 Å². The van der Waals surface area contributed by atoms with Crippen molar-refractivity contribution < 1.29 is 4.74 Å². The number of hydrogen-bond donors (Lipinski definition) is 1. The lowest BCUT2D eigenvalue weighted by molar-refractivity contribution is 0.158. The zero-order valence-electron chi connectivity index (χ0n) is 9.26. The maximum Gasteiger partial charge on any atom is 0.0638 e. The highest BCUT2D eigenvalue weighted by Gasteiger charge is 1.99. The highest BCUT2D eigenvalue weighted by Crippen LogP contribution is 2.18. The molecule has 2 nitrogen and oxygen atoms in total. The summed E-state index contributed by atoms with van der Waals surface area (Å²) in [6, 6.07) is 6.32. The Morgan fingerprint density at radius 3 is 2.43 bits per heavy atom. The third-order valence-electron chi connectivity index (χ3n) is 2.23. The SMILES string of the molecule is CCOCCNc1c(C)cccc1C. The highest BCUT2D eigenvalue weighted by molar-refractivity contribution is 5.56. The van der Waals surface area contributed by atoms with E-state index in [1.807, 2.05) is 6.92 Å². The topological polar surface area (TPSA) is 21.3 Å². The predicted octanol–water partition coefficient (Wildman–Crippen LogP) is 2.75. The first kappa shape index (κ1) is 11.1. The third kappa shape index (κ3) is 3.04. The Morgan fingerprint density at radius 1 is 1.21 bits per heavy atom. The predicted molar refractivity (Wildman–Crippen MR) is 60.9 cm³/mol. The van der Waals surface area contributed by atoms with Crippen LogP contribution in [-0.2, 0) is 4.74 Å². The van der Waals surface area contributed by atoms with Gasteiger partial charge in [0, 0.05) is 18.8 Å². The molecule has 0 fully saturated rings. The number of rotatable bonds is 5. The lowest BCUT2D eigenvalue weighted by Gasteiger charge is -2.12. The van der Waals surface area contributed by atoms with Crippen molar-refractivity contribution in [1.29, 1.82) is 0 Å². The van der Waals surface area contributed by atoms with Crippen LogP contribution >= 0.6 is 0 Å². The van der Waals surface area contributed by atoms with Crippen LogP contribution < -0.4 is 5.32 Å². The second kappa shape index (κ2) is 5.66. The van der Waals surface area contributed by atoms with Crippen molar-refractivity contribution in [3.8, 4) is 0 Å².